The van der Waals surface area contributed by atoms with Crippen molar-refractivity contribution in [1.29, 1.82) is 0 Å². The van der Waals surface area contributed by atoms with Gasteiger partial charge in [-0.25, -0.2) is 0 Å². The lowest BCUT2D eigenvalue weighted by Crippen LogP contribution is -2.58. The number of rotatable bonds is 5. The highest BCUT2D eigenvalue weighted by Gasteiger charge is 2.44. The Morgan fingerprint density at radius 3 is 2.65 bits per heavy atom. The van der Waals surface area contributed by atoms with Gasteiger partial charge in [-0.1, -0.05) is 12.1 Å². The number of amides is 1. The predicted molar refractivity (Wildman–Crippen MR) is 119 cm³/mol. The van der Waals surface area contributed by atoms with Gasteiger partial charge in [0.15, 0.2) is 0 Å². The molecule has 0 aliphatic carbocycles. The van der Waals surface area contributed by atoms with E-state index in [0.717, 1.165) is 31.6 Å². The Kier molecular flexibility index (Phi) is 6.38. The van der Waals surface area contributed by atoms with E-state index in [1.807, 2.05) is 30.1 Å². The average molecular weight is 426 g/mol. The molecule has 2 aliphatic heterocycles. The van der Waals surface area contributed by atoms with Crippen LogP contribution in [0.2, 0.25) is 0 Å². The molecule has 2 aliphatic rings. The minimum absolute atomic E-state index is 0.0873. The normalized spacial score (nSPS) is 19.2. The van der Waals surface area contributed by atoms with E-state index < -0.39 is 5.60 Å². The van der Waals surface area contributed by atoms with Crippen molar-refractivity contribution >= 4 is 11.6 Å². The summed E-state index contributed by atoms with van der Waals surface area (Å²) in [6.07, 6.45) is 4.92. The topological polar surface area (TPSA) is 90.8 Å². The summed E-state index contributed by atoms with van der Waals surface area (Å²) in [6.45, 7) is 3.27. The van der Waals surface area contributed by atoms with Crippen LogP contribution in [0.3, 0.4) is 0 Å². The van der Waals surface area contributed by atoms with E-state index in [1.54, 1.807) is 25.4 Å². The van der Waals surface area contributed by atoms with Gasteiger partial charge >= 0.3 is 0 Å². The number of para-hydroxylation sites is 1. The standard InChI is InChI=1S/C23H31N5O3/c1-27(17-7-11-24-12-8-17)22(30)23(31-2)9-13-28(14-10-23)18-15-20(26-25-16-18)19-5-3-4-6-21(19)29/h3-6,15-17,24,29H,7-14H2,1-2H3. The summed E-state index contributed by atoms with van der Waals surface area (Å²) < 4.78 is 5.85. The number of nitrogens with zero attached hydrogens (tertiary/aromatic N) is 4. The number of benzene rings is 1. The molecule has 0 unspecified atom stereocenters. The van der Waals surface area contributed by atoms with Crippen LogP contribution in [0.1, 0.15) is 25.7 Å². The molecule has 2 saturated heterocycles. The Hall–Kier alpha value is -2.71. The molecule has 0 bridgehead atoms. The molecule has 8 heteroatoms. The zero-order chi connectivity index (χ0) is 21.8. The van der Waals surface area contributed by atoms with Crippen LogP contribution in [0.4, 0.5) is 5.69 Å². The SMILES string of the molecule is COC1(C(=O)N(C)C2CCNCC2)CCN(c2cnnc(-c3ccccc3O)c2)CC1. The van der Waals surface area contributed by atoms with Crippen molar-refractivity contribution in [3.63, 3.8) is 0 Å². The highest BCUT2D eigenvalue weighted by molar-refractivity contribution is 5.86. The second kappa shape index (κ2) is 9.20. The molecule has 31 heavy (non-hydrogen) atoms. The molecule has 0 radical (unpaired) electrons. The van der Waals surface area contributed by atoms with Gasteiger partial charge in [0.05, 0.1) is 17.6 Å². The van der Waals surface area contributed by atoms with E-state index in [4.69, 9.17) is 4.74 Å². The molecule has 2 N–H and O–H groups in total. The fraction of sp³-hybridized carbons (Fsp3) is 0.522. The van der Waals surface area contributed by atoms with Crippen LogP contribution >= 0.6 is 0 Å². The summed E-state index contributed by atoms with van der Waals surface area (Å²) in [4.78, 5) is 17.5. The van der Waals surface area contributed by atoms with Crippen molar-refractivity contribution in [2.24, 2.45) is 0 Å². The number of phenols is 1. The molecule has 2 fully saturated rings. The van der Waals surface area contributed by atoms with Crippen LogP contribution in [0, 0.1) is 0 Å². The molecule has 2 aromatic rings. The quantitative estimate of drug-likeness (QED) is 0.758. The van der Waals surface area contributed by atoms with Gasteiger partial charge < -0.3 is 25.0 Å². The summed E-state index contributed by atoms with van der Waals surface area (Å²) in [5.41, 5.74) is 1.42. The van der Waals surface area contributed by atoms with Crippen molar-refractivity contribution in [3.8, 4) is 17.0 Å². The van der Waals surface area contributed by atoms with E-state index in [2.05, 4.69) is 20.4 Å². The maximum absolute atomic E-state index is 13.4. The zero-order valence-electron chi connectivity index (χ0n) is 18.3. The molecule has 1 amide bonds. The number of nitrogens with one attached hydrogen (secondary N) is 1. The third-order valence-corrected chi connectivity index (χ3v) is 6.71. The summed E-state index contributed by atoms with van der Waals surface area (Å²) in [7, 11) is 3.56. The lowest BCUT2D eigenvalue weighted by Gasteiger charge is -2.44. The summed E-state index contributed by atoms with van der Waals surface area (Å²) >= 11 is 0. The van der Waals surface area contributed by atoms with Gasteiger partial charge in [0, 0.05) is 51.7 Å². The maximum Gasteiger partial charge on any atom is 0.254 e. The van der Waals surface area contributed by atoms with E-state index >= 15 is 0 Å². The number of hydrogen-bond acceptors (Lipinski definition) is 7. The Labute approximate surface area is 183 Å². The Balaban J connectivity index is 1.46. The number of ether oxygens (including phenoxy) is 1. The third kappa shape index (κ3) is 4.36. The number of methoxy groups -OCH3 is 1. The highest BCUT2D eigenvalue weighted by Crippen LogP contribution is 2.33. The fourth-order valence-electron chi connectivity index (χ4n) is 4.66. The lowest BCUT2D eigenvalue weighted by molar-refractivity contribution is -0.159. The van der Waals surface area contributed by atoms with Gasteiger partial charge in [0.2, 0.25) is 0 Å². The Bertz CT molecular complexity index is 908. The minimum atomic E-state index is -0.781. The second-order valence-corrected chi connectivity index (χ2v) is 8.40. The van der Waals surface area contributed by atoms with Gasteiger partial charge in [-0.3, -0.25) is 4.79 Å². The number of aromatic hydroxyl groups is 1. The van der Waals surface area contributed by atoms with Gasteiger partial charge in [-0.2, -0.15) is 10.2 Å². The van der Waals surface area contributed by atoms with E-state index in [0.29, 0.717) is 37.2 Å². The van der Waals surface area contributed by atoms with Crippen LogP contribution in [0.5, 0.6) is 5.75 Å². The van der Waals surface area contributed by atoms with Gasteiger partial charge in [0.25, 0.3) is 5.91 Å². The smallest absolute Gasteiger partial charge is 0.254 e. The molecule has 0 spiro atoms. The molecule has 0 saturated carbocycles. The van der Waals surface area contributed by atoms with E-state index in [1.165, 1.54) is 0 Å². The summed E-state index contributed by atoms with van der Waals surface area (Å²) in [5, 5.41) is 21.8. The number of phenolic OH excluding ortho intramolecular Hbond substituents is 1. The first-order chi connectivity index (χ1) is 15.0. The summed E-state index contributed by atoms with van der Waals surface area (Å²) in [6, 6.07) is 9.31. The monoisotopic (exact) mass is 425 g/mol. The first-order valence-electron chi connectivity index (χ1n) is 10.9. The number of carbonyl (C=O) groups excluding carboxylic acids is 1. The zero-order valence-corrected chi connectivity index (χ0v) is 18.3. The number of piperidine rings is 2. The van der Waals surface area contributed by atoms with Gasteiger partial charge in [-0.05, 0) is 44.1 Å². The molecule has 1 aromatic heterocycles. The number of carbonyl (C=O) groups is 1. The van der Waals surface area contributed by atoms with Crippen LogP contribution in [0.15, 0.2) is 36.5 Å². The fourth-order valence-corrected chi connectivity index (χ4v) is 4.66. The Morgan fingerprint density at radius 1 is 1.26 bits per heavy atom. The molecule has 1 aromatic carbocycles. The lowest BCUT2D eigenvalue weighted by atomic mass is 9.88. The molecule has 8 nitrogen and oxygen atoms in total. The predicted octanol–water partition coefficient (Wildman–Crippen LogP) is 2.04. The van der Waals surface area contributed by atoms with Crippen molar-refractivity contribution in [3.05, 3.63) is 36.5 Å². The average Bonchev–Trinajstić information content (AvgIpc) is 2.84. The molecular weight excluding hydrogens is 394 g/mol. The highest BCUT2D eigenvalue weighted by atomic mass is 16.5. The Morgan fingerprint density at radius 2 is 1.97 bits per heavy atom. The van der Waals surface area contributed by atoms with Crippen molar-refractivity contribution in [2.75, 3.05) is 45.2 Å². The number of hydrogen-bond donors (Lipinski definition) is 2. The van der Waals surface area contributed by atoms with Crippen LogP contribution in [-0.4, -0.2) is 78.1 Å². The number of anilines is 1. The van der Waals surface area contributed by atoms with Crippen LogP contribution in [-0.2, 0) is 9.53 Å². The largest absolute Gasteiger partial charge is 0.507 e. The van der Waals surface area contributed by atoms with Crippen molar-refractivity contribution in [2.45, 2.75) is 37.3 Å². The number of likely N-dealkylation sites (N-methyl/N-ethyl adjacent to an activating group) is 1. The van der Waals surface area contributed by atoms with E-state index in [-0.39, 0.29) is 17.7 Å². The van der Waals surface area contributed by atoms with E-state index in [9.17, 15) is 9.90 Å². The van der Waals surface area contributed by atoms with Crippen LogP contribution < -0.4 is 10.2 Å². The van der Waals surface area contributed by atoms with Crippen molar-refractivity contribution in [1.82, 2.24) is 20.4 Å². The molecule has 3 heterocycles. The van der Waals surface area contributed by atoms with Crippen LogP contribution in [0.25, 0.3) is 11.3 Å². The van der Waals surface area contributed by atoms with Gasteiger partial charge in [0.1, 0.15) is 11.4 Å². The van der Waals surface area contributed by atoms with Gasteiger partial charge in [-0.15, -0.1) is 0 Å². The number of aromatic nitrogens is 2. The summed E-state index contributed by atoms with van der Waals surface area (Å²) in [5.74, 6) is 0.266. The third-order valence-electron chi connectivity index (χ3n) is 6.71. The van der Waals surface area contributed by atoms with Crippen molar-refractivity contribution < 1.29 is 14.6 Å². The molecular formula is C23H31N5O3. The molecule has 166 valence electrons. The molecule has 4 rings (SSSR count). The minimum Gasteiger partial charge on any atom is -0.507 e. The molecule has 0 atom stereocenters. The first-order valence-corrected chi connectivity index (χ1v) is 10.9. The maximum atomic E-state index is 13.4. The first kappa shape index (κ1) is 21.5. The second-order valence-electron chi connectivity index (χ2n) is 8.40.